The van der Waals surface area contributed by atoms with E-state index in [1.807, 2.05) is 20.0 Å². The first-order valence-corrected chi connectivity index (χ1v) is 6.97. The van der Waals surface area contributed by atoms with Crippen molar-refractivity contribution in [1.29, 1.82) is 0 Å². The van der Waals surface area contributed by atoms with Gasteiger partial charge in [0.05, 0.1) is 0 Å². The molecule has 0 saturated carbocycles. The van der Waals surface area contributed by atoms with Crippen LogP contribution in [0.15, 0.2) is 35.0 Å². The fraction of sp³-hybridized carbons (Fsp3) is 0.286. The molecular weight excluding hydrogens is 250 g/mol. The SMILES string of the molecule is CNC(Cc1ccsc1)c1ccc(Cl)c(C)c1. The van der Waals surface area contributed by atoms with Gasteiger partial charge in [0.15, 0.2) is 0 Å². The Bertz CT molecular complexity index is 479. The lowest BCUT2D eigenvalue weighted by Crippen LogP contribution is -2.18. The second kappa shape index (κ2) is 5.67. The average molecular weight is 266 g/mol. The Balaban J connectivity index is 2.20. The van der Waals surface area contributed by atoms with Gasteiger partial charge in [-0.05, 0) is 60.0 Å². The number of halogens is 1. The van der Waals surface area contributed by atoms with Crippen molar-refractivity contribution >= 4 is 22.9 Å². The molecule has 0 aliphatic carbocycles. The number of nitrogens with one attached hydrogen (secondary N) is 1. The van der Waals surface area contributed by atoms with Crippen molar-refractivity contribution < 1.29 is 0 Å². The standard InChI is InChI=1S/C14H16ClNS/c1-10-7-12(3-4-13(10)15)14(16-2)8-11-5-6-17-9-11/h3-7,9,14,16H,8H2,1-2H3. The Morgan fingerprint density at radius 2 is 2.18 bits per heavy atom. The van der Waals surface area contributed by atoms with Gasteiger partial charge in [-0.2, -0.15) is 11.3 Å². The van der Waals surface area contributed by atoms with Gasteiger partial charge in [0.25, 0.3) is 0 Å². The lowest BCUT2D eigenvalue weighted by molar-refractivity contribution is 0.592. The fourth-order valence-corrected chi connectivity index (χ4v) is 2.71. The summed E-state index contributed by atoms with van der Waals surface area (Å²) in [6.45, 7) is 2.04. The molecule has 1 unspecified atom stereocenters. The first kappa shape index (κ1) is 12.6. The first-order valence-electron chi connectivity index (χ1n) is 5.65. The highest BCUT2D eigenvalue weighted by atomic mass is 35.5. The number of thiophene rings is 1. The van der Waals surface area contributed by atoms with Gasteiger partial charge in [0.2, 0.25) is 0 Å². The molecule has 0 spiro atoms. The summed E-state index contributed by atoms with van der Waals surface area (Å²) in [6, 6.07) is 8.77. The molecule has 1 aromatic heterocycles. The summed E-state index contributed by atoms with van der Waals surface area (Å²) in [4.78, 5) is 0. The van der Waals surface area contributed by atoms with Crippen molar-refractivity contribution in [3.8, 4) is 0 Å². The lowest BCUT2D eigenvalue weighted by atomic mass is 9.99. The van der Waals surface area contributed by atoms with Crippen molar-refractivity contribution in [2.24, 2.45) is 0 Å². The lowest BCUT2D eigenvalue weighted by Gasteiger charge is -2.17. The van der Waals surface area contributed by atoms with Crippen LogP contribution in [0.4, 0.5) is 0 Å². The second-order valence-corrected chi connectivity index (χ2v) is 5.37. The Hall–Kier alpha value is -0.830. The summed E-state index contributed by atoms with van der Waals surface area (Å²) in [5.74, 6) is 0. The smallest absolute Gasteiger partial charge is 0.0435 e. The Morgan fingerprint density at radius 3 is 2.76 bits per heavy atom. The van der Waals surface area contributed by atoms with Crippen LogP contribution in [0.5, 0.6) is 0 Å². The van der Waals surface area contributed by atoms with Crippen LogP contribution in [0.1, 0.15) is 22.7 Å². The van der Waals surface area contributed by atoms with Gasteiger partial charge in [0, 0.05) is 11.1 Å². The molecule has 0 radical (unpaired) electrons. The van der Waals surface area contributed by atoms with Gasteiger partial charge >= 0.3 is 0 Å². The molecule has 0 saturated heterocycles. The molecule has 0 bridgehead atoms. The Kier molecular flexibility index (Phi) is 4.21. The van der Waals surface area contributed by atoms with Crippen LogP contribution >= 0.6 is 22.9 Å². The van der Waals surface area contributed by atoms with Crippen LogP contribution in [-0.4, -0.2) is 7.05 Å². The van der Waals surface area contributed by atoms with Crippen LogP contribution in [0.3, 0.4) is 0 Å². The Morgan fingerprint density at radius 1 is 1.35 bits per heavy atom. The van der Waals surface area contributed by atoms with Crippen LogP contribution in [0.25, 0.3) is 0 Å². The highest BCUT2D eigenvalue weighted by Crippen LogP contribution is 2.23. The first-order chi connectivity index (χ1) is 8.20. The highest BCUT2D eigenvalue weighted by molar-refractivity contribution is 7.07. The van der Waals surface area contributed by atoms with E-state index in [4.69, 9.17) is 11.6 Å². The van der Waals surface area contributed by atoms with Crippen molar-refractivity contribution in [3.05, 3.63) is 56.7 Å². The van der Waals surface area contributed by atoms with Gasteiger partial charge in [-0.1, -0.05) is 23.7 Å². The summed E-state index contributed by atoms with van der Waals surface area (Å²) in [6.07, 6.45) is 1.01. The minimum atomic E-state index is 0.348. The molecule has 3 heteroatoms. The molecule has 0 aliphatic rings. The van der Waals surface area contributed by atoms with Gasteiger partial charge < -0.3 is 5.32 Å². The molecule has 0 fully saturated rings. The molecule has 90 valence electrons. The molecule has 1 nitrogen and oxygen atoms in total. The molecule has 2 aromatic rings. The third-order valence-electron chi connectivity index (χ3n) is 2.95. The van der Waals surface area contributed by atoms with E-state index < -0.39 is 0 Å². The summed E-state index contributed by atoms with van der Waals surface area (Å²) >= 11 is 7.80. The molecular formula is C14H16ClNS. The topological polar surface area (TPSA) is 12.0 Å². The molecule has 0 aliphatic heterocycles. The summed E-state index contributed by atoms with van der Waals surface area (Å²) in [5.41, 5.74) is 3.80. The molecule has 1 aromatic carbocycles. The number of aryl methyl sites for hydroxylation is 1. The minimum absolute atomic E-state index is 0.348. The number of benzene rings is 1. The fourth-order valence-electron chi connectivity index (χ4n) is 1.92. The monoisotopic (exact) mass is 265 g/mol. The third-order valence-corrected chi connectivity index (χ3v) is 4.11. The zero-order valence-electron chi connectivity index (χ0n) is 10.0. The van der Waals surface area contributed by atoms with Gasteiger partial charge in [-0.15, -0.1) is 0 Å². The summed E-state index contributed by atoms with van der Waals surface area (Å²) in [5, 5.41) is 8.52. The maximum absolute atomic E-state index is 6.05. The maximum Gasteiger partial charge on any atom is 0.0435 e. The predicted molar refractivity (Wildman–Crippen MR) is 76.0 cm³/mol. The average Bonchev–Trinajstić information content (AvgIpc) is 2.82. The zero-order chi connectivity index (χ0) is 12.3. The normalized spacial score (nSPS) is 12.6. The predicted octanol–water partition coefficient (Wildman–Crippen LogP) is 4.21. The van der Waals surface area contributed by atoms with Crippen LogP contribution in [-0.2, 0) is 6.42 Å². The second-order valence-electron chi connectivity index (χ2n) is 4.19. The van der Waals surface area contributed by atoms with E-state index in [1.54, 1.807) is 11.3 Å². The number of rotatable bonds is 4. The van der Waals surface area contributed by atoms with E-state index in [0.717, 1.165) is 17.0 Å². The van der Waals surface area contributed by atoms with Crippen molar-refractivity contribution in [3.63, 3.8) is 0 Å². The van der Waals surface area contributed by atoms with Gasteiger partial charge in [-0.25, -0.2) is 0 Å². The number of hydrogen-bond donors (Lipinski definition) is 1. The van der Waals surface area contributed by atoms with E-state index in [0.29, 0.717) is 6.04 Å². The third kappa shape index (κ3) is 3.09. The summed E-state index contributed by atoms with van der Waals surface area (Å²) < 4.78 is 0. The zero-order valence-corrected chi connectivity index (χ0v) is 11.6. The van der Waals surface area contributed by atoms with Crippen LogP contribution in [0.2, 0.25) is 5.02 Å². The summed E-state index contributed by atoms with van der Waals surface area (Å²) in [7, 11) is 2.00. The number of likely N-dealkylation sites (N-methyl/N-ethyl adjacent to an activating group) is 1. The molecule has 2 rings (SSSR count). The highest BCUT2D eigenvalue weighted by Gasteiger charge is 2.11. The molecule has 0 amide bonds. The number of hydrogen-bond acceptors (Lipinski definition) is 2. The van der Waals surface area contributed by atoms with Crippen LogP contribution in [0, 0.1) is 6.92 Å². The molecule has 17 heavy (non-hydrogen) atoms. The van der Waals surface area contributed by atoms with E-state index in [-0.39, 0.29) is 0 Å². The molecule has 1 N–H and O–H groups in total. The Labute approximate surface area is 111 Å². The van der Waals surface area contributed by atoms with Crippen LogP contribution < -0.4 is 5.32 Å². The minimum Gasteiger partial charge on any atom is -0.313 e. The van der Waals surface area contributed by atoms with Crippen molar-refractivity contribution in [2.45, 2.75) is 19.4 Å². The van der Waals surface area contributed by atoms with E-state index in [2.05, 4.69) is 34.3 Å². The van der Waals surface area contributed by atoms with E-state index in [9.17, 15) is 0 Å². The van der Waals surface area contributed by atoms with Crippen molar-refractivity contribution in [2.75, 3.05) is 7.05 Å². The van der Waals surface area contributed by atoms with Gasteiger partial charge in [-0.3, -0.25) is 0 Å². The van der Waals surface area contributed by atoms with E-state index in [1.165, 1.54) is 11.1 Å². The molecule has 1 atom stereocenters. The van der Waals surface area contributed by atoms with Gasteiger partial charge in [0.1, 0.15) is 0 Å². The van der Waals surface area contributed by atoms with E-state index >= 15 is 0 Å². The maximum atomic E-state index is 6.05. The quantitative estimate of drug-likeness (QED) is 0.873. The molecule has 1 heterocycles. The largest absolute Gasteiger partial charge is 0.313 e. The van der Waals surface area contributed by atoms with Crippen molar-refractivity contribution in [1.82, 2.24) is 5.32 Å².